The van der Waals surface area contributed by atoms with Gasteiger partial charge in [0.1, 0.15) is 11.5 Å². The minimum absolute atomic E-state index is 0.0341. The Morgan fingerprint density at radius 3 is 2.52 bits per heavy atom. The minimum atomic E-state index is 0.0341. The number of ether oxygens (including phenoxy) is 2. The Hall–Kier alpha value is -1.75. The van der Waals surface area contributed by atoms with Crippen LogP contribution >= 0.6 is 0 Å². The summed E-state index contributed by atoms with van der Waals surface area (Å²) in [5, 5.41) is 2.94. The third-order valence-electron chi connectivity index (χ3n) is 4.47. The zero-order chi connectivity index (χ0) is 16.8. The molecule has 1 aliphatic rings. The molecule has 2 rings (SSSR count). The number of quaternary nitrogens is 1. The summed E-state index contributed by atoms with van der Waals surface area (Å²) in [7, 11) is 3.20. The summed E-state index contributed by atoms with van der Waals surface area (Å²) >= 11 is 0. The van der Waals surface area contributed by atoms with Crippen molar-refractivity contribution in [2.45, 2.75) is 26.7 Å². The molecule has 3 atom stereocenters. The van der Waals surface area contributed by atoms with E-state index in [1.54, 1.807) is 20.3 Å². The molecule has 1 aromatic rings. The maximum Gasteiger partial charge on any atom is 0.230 e. The van der Waals surface area contributed by atoms with Crippen molar-refractivity contribution in [2.75, 3.05) is 39.2 Å². The number of hydrogen-bond acceptors (Lipinski definition) is 3. The van der Waals surface area contributed by atoms with Gasteiger partial charge in [-0.15, -0.1) is 0 Å². The number of hydrogen-bond donors (Lipinski definition) is 2. The van der Waals surface area contributed by atoms with Gasteiger partial charge in [0.05, 0.1) is 46.0 Å². The smallest absolute Gasteiger partial charge is 0.230 e. The number of carbonyl (C=O) groups excluding carboxylic acids is 1. The van der Waals surface area contributed by atoms with E-state index >= 15 is 0 Å². The molecule has 0 aromatic heterocycles. The number of rotatable bonds is 6. The first-order valence-corrected chi connectivity index (χ1v) is 8.37. The second-order valence-corrected chi connectivity index (χ2v) is 6.72. The van der Waals surface area contributed by atoms with Crippen molar-refractivity contribution in [2.24, 2.45) is 11.8 Å². The van der Waals surface area contributed by atoms with Crippen LogP contribution in [0.1, 0.15) is 26.7 Å². The molecule has 0 spiro atoms. The van der Waals surface area contributed by atoms with Gasteiger partial charge in [0, 0.05) is 17.9 Å². The monoisotopic (exact) mass is 321 g/mol. The average Bonchev–Trinajstić information content (AvgIpc) is 2.52. The fourth-order valence-corrected chi connectivity index (χ4v) is 3.53. The van der Waals surface area contributed by atoms with Gasteiger partial charge in [0.15, 0.2) is 0 Å². The molecule has 1 amide bonds. The average molecular weight is 321 g/mol. The number of benzene rings is 1. The molecule has 128 valence electrons. The van der Waals surface area contributed by atoms with Crippen molar-refractivity contribution in [1.29, 1.82) is 0 Å². The molecule has 0 radical (unpaired) electrons. The summed E-state index contributed by atoms with van der Waals surface area (Å²) in [6.45, 7) is 7.84. The maximum absolute atomic E-state index is 12.2. The minimum Gasteiger partial charge on any atom is -0.497 e. The van der Waals surface area contributed by atoms with Crippen molar-refractivity contribution < 1.29 is 19.2 Å². The molecule has 1 aliphatic heterocycles. The van der Waals surface area contributed by atoms with Crippen molar-refractivity contribution in [3.8, 4) is 11.5 Å². The van der Waals surface area contributed by atoms with E-state index < -0.39 is 0 Å². The summed E-state index contributed by atoms with van der Waals surface area (Å²) in [6.07, 6.45) is 1.84. The predicted octanol–water partition coefficient (Wildman–Crippen LogP) is 1.59. The molecule has 1 unspecified atom stereocenters. The number of piperidine rings is 1. The van der Waals surface area contributed by atoms with Crippen LogP contribution in [0.4, 0.5) is 5.69 Å². The lowest BCUT2D eigenvalue weighted by Crippen LogP contribution is -3.14. The third-order valence-corrected chi connectivity index (χ3v) is 4.47. The highest BCUT2D eigenvalue weighted by atomic mass is 16.5. The Balaban J connectivity index is 1.87. The Labute approximate surface area is 139 Å². The number of anilines is 1. The first-order chi connectivity index (χ1) is 11.0. The van der Waals surface area contributed by atoms with E-state index in [0.29, 0.717) is 23.6 Å². The van der Waals surface area contributed by atoms with Crippen LogP contribution in [-0.4, -0.2) is 39.8 Å². The number of amides is 1. The van der Waals surface area contributed by atoms with Gasteiger partial charge in [-0.05, 0) is 18.6 Å². The van der Waals surface area contributed by atoms with Crippen molar-refractivity contribution in [3.63, 3.8) is 0 Å². The molecule has 1 aromatic carbocycles. The maximum atomic E-state index is 12.2. The van der Waals surface area contributed by atoms with Gasteiger partial charge in [-0.2, -0.15) is 0 Å². The topological polar surface area (TPSA) is 52.0 Å². The van der Waals surface area contributed by atoms with Gasteiger partial charge in [0.25, 0.3) is 0 Å². The lowest BCUT2D eigenvalue weighted by molar-refractivity contribution is -0.911. The lowest BCUT2D eigenvalue weighted by atomic mass is 9.92. The SMILES string of the molecule is COc1ccc(NC(=O)CC[NH+]2C[C@H](C)C[C@H](C)C2)c(OC)c1. The van der Waals surface area contributed by atoms with Gasteiger partial charge in [-0.25, -0.2) is 0 Å². The van der Waals surface area contributed by atoms with Crippen LogP contribution in [0.25, 0.3) is 0 Å². The van der Waals surface area contributed by atoms with Crippen LogP contribution in [0.2, 0.25) is 0 Å². The quantitative estimate of drug-likeness (QED) is 0.837. The van der Waals surface area contributed by atoms with Crippen LogP contribution in [-0.2, 0) is 4.79 Å². The molecule has 23 heavy (non-hydrogen) atoms. The highest BCUT2D eigenvalue weighted by Crippen LogP contribution is 2.29. The zero-order valence-electron chi connectivity index (χ0n) is 14.6. The lowest BCUT2D eigenvalue weighted by Gasteiger charge is -2.31. The van der Waals surface area contributed by atoms with Crippen molar-refractivity contribution in [3.05, 3.63) is 18.2 Å². The summed E-state index contributed by atoms with van der Waals surface area (Å²) in [5.41, 5.74) is 0.689. The van der Waals surface area contributed by atoms with E-state index in [4.69, 9.17) is 9.47 Å². The normalized spacial score (nSPS) is 24.1. The second kappa shape index (κ2) is 8.20. The van der Waals surface area contributed by atoms with Gasteiger partial charge in [-0.3, -0.25) is 4.79 Å². The molecule has 0 aliphatic carbocycles. The first kappa shape index (κ1) is 17.6. The molecule has 0 saturated carbocycles. The number of methoxy groups -OCH3 is 2. The second-order valence-electron chi connectivity index (χ2n) is 6.72. The van der Waals surface area contributed by atoms with Crippen LogP contribution in [0, 0.1) is 11.8 Å². The van der Waals surface area contributed by atoms with Crippen LogP contribution in [0.5, 0.6) is 11.5 Å². The standard InChI is InChI=1S/C18H28N2O3/c1-13-9-14(2)12-20(11-13)8-7-18(21)19-16-6-5-15(22-3)10-17(16)23-4/h5-6,10,13-14H,7-9,11-12H2,1-4H3,(H,19,21)/p+1/t13-,14+. The van der Waals surface area contributed by atoms with E-state index in [9.17, 15) is 4.79 Å². The van der Waals surface area contributed by atoms with Crippen molar-refractivity contribution in [1.82, 2.24) is 0 Å². The highest BCUT2D eigenvalue weighted by molar-refractivity contribution is 5.92. The molecule has 0 bridgehead atoms. The molecule has 1 saturated heterocycles. The zero-order valence-corrected chi connectivity index (χ0v) is 14.6. The van der Waals surface area contributed by atoms with Crippen LogP contribution < -0.4 is 19.7 Å². The molecule has 5 nitrogen and oxygen atoms in total. The highest BCUT2D eigenvalue weighted by Gasteiger charge is 2.25. The van der Waals surface area contributed by atoms with Gasteiger partial charge >= 0.3 is 0 Å². The Bertz CT molecular complexity index is 523. The van der Waals surface area contributed by atoms with Gasteiger partial charge in [0.2, 0.25) is 5.91 Å². The van der Waals surface area contributed by atoms with Crippen LogP contribution in [0.3, 0.4) is 0 Å². The third kappa shape index (κ3) is 5.13. The van der Waals surface area contributed by atoms with Crippen LogP contribution in [0.15, 0.2) is 18.2 Å². The fraction of sp³-hybridized carbons (Fsp3) is 0.611. The number of likely N-dealkylation sites (tertiary alicyclic amines) is 1. The molecule has 1 fully saturated rings. The van der Waals surface area contributed by atoms with Gasteiger partial charge < -0.3 is 19.7 Å². The van der Waals surface area contributed by atoms with Gasteiger partial charge in [-0.1, -0.05) is 13.8 Å². The number of carbonyl (C=O) groups is 1. The summed E-state index contributed by atoms with van der Waals surface area (Å²) in [6, 6.07) is 5.40. The molecular formula is C18H29N2O3+. The van der Waals surface area contributed by atoms with E-state index in [-0.39, 0.29) is 5.91 Å². The summed E-state index contributed by atoms with van der Waals surface area (Å²) in [4.78, 5) is 13.8. The first-order valence-electron chi connectivity index (χ1n) is 8.37. The summed E-state index contributed by atoms with van der Waals surface area (Å²) < 4.78 is 10.5. The van der Waals surface area contributed by atoms with E-state index in [1.165, 1.54) is 24.4 Å². The predicted molar refractivity (Wildman–Crippen MR) is 91.3 cm³/mol. The number of nitrogens with one attached hydrogen (secondary N) is 2. The largest absolute Gasteiger partial charge is 0.497 e. The molecule has 2 N–H and O–H groups in total. The molecular weight excluding hydrogens is 292 g/mol. The molecule has 1 heterocycles. The van der Waals surface area contributed by atoms with E-state index in [1.807, 2.05) is 12.1 Å². The van der Waals surface area contributed by atoms with E-state index in [2.05, 4.69) is 19.2 Å². The molecule has 5 heteroatoms. The Kier molecular flexibility index (Phi) is 6.28. The van der Waals surface area contributed by atoms with E-state index in [0.717, 1.165) is 18.4 Å². The summed E-state index contributed by atoms with van der Waals surface area (Å²) in [5.74, 6) is 2.86. The Morgan fingerprint density at radius 1 is 1.22 bits per heavy atom. The van der Waals surface area contributed by atoms with Crippen molar-refractivity contribution >= 4 is 11.6 Å². The fourth-order valence-electron chi connectivity index (χ4n) is 3.53. The Morgan fingerprint density at radius 2 is 1.91 bits per heavy atom.